The molecular weight excluding hydrogens is 466 g/mol. The minimum absolute atomic E-state index is 0.282. The van der Waals surface area contributed by atoms with Gasteiger partial charge in [0, 0.05) is 36.5 Å². The van der Waals surface area contributed by atoms with Gasteiger partial charge in [-0.2, -0.15) is 5.10 Å². The smallest absolute Gasteiger partial charge is 0.335 e. The minimum Gasteiger partial charge on any atom is -0.465 e. The number of carbonyl (C=O) groups is 2. The summed E-state index contributed by atoms with van der Waals surface area (Å²) in [7, 11) is 0. The van der Waals surface area contributed by atoms with Crippen LogP contribution in [0.5, 0.6) is 0 Å². The van der Waals surface area contributed by atoms with Crippen LogP contribution in [0.25, 0.3) is 0 Å². The number of esters is 2. The van der Waals surface area contributed by atoms with E-state index < -0.39 is 10.9 Å². The third-order valence-corrected chi connectivity index (χ3v) is 4.77. The SMILES string of the molecule is CCOC(=O)C(Br)c1cccnc1.CCOC(=O)C(c1cccnc1)n1cc(N)cn1. The van der Waals surface area contributed by atoms with E-state index in [1.807, 2.05) is 6.07 Å². The fourth-order valence-electron chi connectivity index (χ4n) is 2.53. The summed E-state index contributed by atoms with van der Waals surface area (Å²) in [5.41, 5.74) is 7.63. The Morgan fingerprint density at radius 3 is 2.06 bits per heavy atom. The number of pyridine rings is 2. The number of aromatic nitrogens is 4. The highest BCUT2D eigenvalue weighted by atomic mass is 79.9. The molecule has 10 heteroatoms. The van der Waals surface area contributed by atoms with Crippen LogP contribution >= 0.6 is 15.9 Å². The van der Waals surface area contributed by atoms with Crippen LogP contribution in [0.1, 0.15) is 35.8 Å². The zero-order valence-corrected chi connectivity index (χ0v) is 18.8. The third-order valence-electron chi connectivity index (χ3n) is 3.87. The van der Waals surface area contributed by atoms with Crippen molar-refractivity contribution in [3.05, 3.63) is 72.6 Å². The lowest BCUT2D eigenvalue weighted by molar-refractivity contribution is -0.146. The fraction of sp³-hybridized carbons (Fsp3) is 0.286. The van der Waals surface area contributed by atoms with Gasteiger partial charge in [-0.1, -0.05) is 28.1 Å². The van der Waals surface area contributed by atoms with E-state index in [4.69, 9.17) is 15.2 Å². The molecule has 164 valence electrons. The molecule has 0 bridgehead atoms. The second-order valence-electron chi connectivity index (χ2n) is 6.10. The molecule has 0 aliphatic heterocycles. The van der Waals surface area contributed by atoms with E-state index in [2.05, 4.69) is 31.0 Å². The van der Waals surface area contributed by atoms with E-state index in [1.165, 1.54) is 10.9 Å². The zero-order chi connectivity index (χ0) is 22.6. The van der Waals surface area contributed by atoms with Crippen LogP contribution in [0.3, 0.4) is 0 Å². The van der Waals surface area contributed by atoms with Crippen LogP contribution in [-0.4, -0.2) is 44.9 Å². The molecule has 3 rings (SSSR count). The number of halogens is 1. The molecule has 9 nitrogen and oxygen atoms in total. The van der Waals surface area contributed by atoms with Crippen molar-refractivity contribution >= 4 is 33.6 Å². The highest BCUT2D eigenvalue weighted by Crippen LogP contribution is 2.23. The van der Waals surface area contributed by atoms with Crippen molar-refractivity contribution in [3.8, 4) is 0 Å². The van der Waals surface area contributed by atoms with Crippen molar-refractivity contribution in [2.75, 3.05) is 18.9 Å². The molecule has 0 spiro atoms. The van der Waals surface area contributed by atoms with E-state index in [-0.39, 0.29) is 11.9 Å². The predicted octanol–water partition coefficient (Wildman–Crippen LogP) is 3.09. The summed E-state index contributed by atoms with van der Waals surface area (Å²) in [5.74, 6) is -0.663. The summed E-state index contributed by atoms with van der Waals surface area (Å²) < 4.78 is 11.4. The Bertz CT molecular complexity index is 953. The molecule has 0 aliphatic rings. The summed E-state index contributed by atoms with van der Waals surface area (Å²) in [5, 5.41) is 4.06. The number of carbonyl (C=O) groups excluding carboxylic acids is 2. The fourth-order valence-corrected chi connectivity index (χ4v) is 2.93. The van der Waals surface area contributed by atoms with E-state index in [0.29, 0.717) is 24.5 Å². The van der Waals surface area contributed by atoms with Crippen molar-refractivity contribution in [1.82, 2.24) is 19.7 Å². The van der Waals surface area contributed by atoms with E-state index in [0.717, 1.165) is 5.56 Å². The maximum atomic E-state index is 12.0. The van der Waals surface area contributed by atoms with Crippen molar-refractivity contribution in [3.63, 3.8) is 0 Å². The van der Waals surface area contributed by atoms with E-state index in [1.54, 1.807) is 63.0 Å². The van der Waals surface area contributed by atoms with E-state index >= 15 is 0 Å². The van der Waals surface area contributed by atoms with Crippen molar-refractivity contribution in [2.45, 2.75) is 24.7 Å². The number of hydrogen-bond donors (Lipinski definition) is 1. The molecular formula is C21H24BrN5O4. The maximum Gasteiger partial charge on any atom is 0.335 e. The van der Waals surface area contributed by atoms with Crippen molar-refractivity contribution < 1.29 is 19.1 Å². The van der Waals surface area contributed by atoms with E-state index in [9.17, 15) is 9.59 Å². The van der Waals surface area contributed by atoms with Gasteiger partial charge in [0.25, 0.3) is 0 Å². The number of anilines is 1. The van der Waals surface area contributed by atoms with Crippen molar-refractivity contribution in [1.29, 1.82) is 0 Å². The minimum atomic E-state index is -0.657. The van der Waals surface area contributed by atoms with Gasteiger partial charge in [-0.3, -0.25) is 19.4 Å². The molecule has 0 fully saturated rings. The first-order chi connectivity index (χ1) is 15.0. The molecule has 0 saturated carbocycles. The Labute approximate surface area is 188 Å². The van der Waals surface area contributed by atoms with Gasteiger partial charge >= 0.3 is 11.9 Å². The average Bonchev–Trinajstić information content (AvgIpc) is 3.21. The summed E-state index contributed by atoms with van der Waals surface area (Å²) in [6, 6.07) is 6.50. The molecule has 2 N–H and O–H groups in total. The lowest BCUT2D eigenvalue weighted by Crippen LogP contribution is -2.23. The van der Waals surface area contributed by atoms with Gasteiger partial charge in [0.2, 0.25) is 0 Å². The topological polar surface area (TPSA) is 122 Å². The van der Waals surface area contributed by atoms with Gasteiger partial charge in [-0.05, 0) is 31.5 Å². The Hall–Kier alpha value is -3.27. The quantitative estimate of drug-likeness (QED) is 0.396. The molecule has 3 heterocycles. The highest BCUT2D eigenvalue weighted by molar-refractivity contribution is 9.09. The average molecular weight is 490 g/mol. The summed E-state index contributed by atoms with van der Waals surface area (Å²) in [6.07, 6.45) is 9.63. The number of alkyl halides is 1. The Kier molecular flexibility index (Phi) is 9.63. The van der Waals surface area contributed by atoms with Crippen molar-refractivity contribution in [2.24, 2.45) is 0 Å². The van der Waals surface area contributed by atoms with Crippen LogP contribution in [0.15, 0.2) is 61.4 Å². The molecule has 31 heavy (non-hydrogen) atoms. The molecule has 0 amide bonds. The molecule has 3 aromatic rings. The summed E-state index contributed by atoms with van der Waals surface area (Å²) in [6.45, 7) is 4.24. The van der Waals surface area contributed by atoms with Crippen LogP contribution < -0.4 is 5.73 Å². The molecule has 2 atom stereocenters. The van der Waals surface area contributed by atoms with Crippen LogP contribution in [0, 0.1) is 0 Å². The lowest BCUT2D eigenvalue weighted by atomic mass is 10.1. The van der Waals surface area contributed by atoms with Crippen LogP contribution in [-0.2, 0) is 19.1 Å². The van der Waals surface area contributed by atoms with Gasteiger partial charge in [0.15, 0.2) is 6.04 Å². The maximum absolute atomic E-state index is 12.0. The number of ether oxygens (including phenoxy) is 2. The third kappa shape index (κ3) is 7.18. The number of hydrogen-bond acceptors (Lipinski definition) is 8. The largest absolute Gasteiger partial charge is 0.465 e. The molecule has 0 aliphatic carbocycles. The molecule has 0 saturated heterocycles. The lowest BCUT2D eigenvalue weighted by Gasteiger charge is -2.15. The first-order valence-corrected chi connectivity index (χ1v) is 10.5. The number of nitrogens with zero attached hydrogens (tertiary/aromatic N) is 4. The predicted molar refractivity (Wildman–Crippen MR) is 118 cm³/mol. The monoisotopic (exact) mass is 489 g/mol. The standard InChI is InChI=1S/C12H14N4O2.C9H10BrNO2/c1-2-18-12(17)11(9-4-3-5-14-6-9)16-8-10(13)7-15-16;1-2-13-9(12)8(10)7-4-3-5-11-6-7/h3-8,11H,2,13H2,1H3;3-6,8H,2H2,1H3. The van der Waals surface area contributed by atoms with Gasteiger partial charge < -0.3 is 15.2 Å². The second kappa shape index (κ2) is 12.4. The number of nitrogen functional groups attached to an aromatic ring is 1. The summed E-state index contributed by atoms with van der Waals surface area (Å²) in [4.78, 5) is 30.7. The van der Waals surface area contributed by atoms with Crippen LogP contribution in [0.2, 0.25) is 0 Å². The Balaban J connectivity index is 0.000000233. The number of nitrogens with two attached hydrogens (primary N) is 1. The number of rotatable bonds is 7. The molecule has 3 aromatic heterocycles. The van der Waals surface area contributed by atoms with Gasteiger partial charge in [0.05, 0.1) is 25.1 Å². The normalized spacial score (nSPS) is 12.1. The molecule has 0 radical (unpaired) electrons. The zero-order valence-electron chi connectivity index (χ0n) is 17.2. The first-order valence-electron chi connectivity index (χ1n) is 9.54. The van der Waals surface area contributed by atoms with Gasteiger partial charge in [0.1, 0.15) is 4.83 Å². The molecule has 0 aromatic carbocycles. The first kappa shape index (κ1) is 24.0. The summed E-state index contributed by atoms with van der Waals surface area (Å²) >= 11 is 3.24. The second-order valence-corrected chi connectivity index (χ2v) is 7.01. The molecule has 2 unspecified atom stereocenters. The van der Waals surface area contributed by atoms with Gasteiger partial charge in [-0.15, -0.1) is 0 Å². The highest BCUT2D eigenvalue weighted by Gasteiger charge is 2.25. The Morgan fingerprint density at radius 1 is 1.00 bits per heavy atom. The van der Waals surface area contributed by atoms with Crippen LogP contribution in [0.4, 0.5) is 5.69 Å². The van der Waals surface area contributed by atoms with Gasteiger partial charge in [-0.25, -0.2) is 4.79 Å². The Morgan fingerprint density at radius 2 is 1.58 bits per heavy atom.